The summed E-state index contributed by atoms with van der Waals surface area (Å²) in [7, 11) is 0. The van der Waals surface area contributed by atoms with E-state index in [0.717, 1.165) is 25.0 Å². The summed E-state index contributed by atoms with van der Waals surface area (Å²) in [5, 5.41) is 5.06. The van der Waals surface area contributed by atoms with Crippen molar-refractivity contribution in [2.24, 2.45) is 0 Å². The summed E-state index contributed by atoms with van der Waals surface area (Å²) >= 11 is 0. The first-order valence-corrected chi connectivity index (χ1v) is 8.14. The molecule has 1 aliphatic rings. The predicted octanol–water partition coefficient (Wildman–Crippen LogP) is 2.52. The summed E-state index contributed by atoms with van der Waals surface area (Å²) in [5.74, 6) is -2.67. The average Bonchev–Trinajstić information content (AvgIpc) is 3.15. The van der Waals surface area contributed by atoms with Crippen molar-refractivity contribution >= 4 is 17.5 Å². The number of amides is 2. The molecule has 2 heterocycles. The molecule has 0 bridgehead atoms. The van der Waals surface area contributed by atoms with Gasteiger partial charge in [-0.15, -0.1) is 0 Å². The lowest BCUT2D eigenvalue weighted by molar-refractivity contribution is 0.0857. The highest BCUT2D eigenvalue weighted by atomic mass is 19.1. The van der Waals surface area contributed by atoms with Crippen LogP contribution in [0.3, 0.4) is 0 Å². The molecule has 8 heteroatoms. The summed E-state index contributed by atoms with van der Waals surface area (Å²) in [6.07, 6.45) is 4.45. The third kappa shape index (κ3) is 4.40. The fourth-order valence-corrected chi connectivity index (χ4v) is 2.59. The SMILES string of the molecule is O=C(NCC1CCCO1)c1cncc(C(=O)Nc2ccc(F)cc2F)c1. The average molecular weight is 361 g/mol. The maximum Gasteiger partial charge on any atom is 0.257 e. The minimum Gasteiger partial charge on any atom is -0.376 e. The number of anilines is 1. The third-order valence-electron chi connectivity index (χ3n) is 3.96. The Morgan fingerprint density at radius 2 is 1.92 bits per heavy atom. The molecule has 6 nitrogen and oxygen atoms in total. The minimum absolute atomic E-state index is 0.000147. The highest BCUT2D eigenvalue weighted by molar-refractivity contribution is 6.05. The molecule has 1 aromatic heterocycles. The summed E-state index contributed by atoms with van der Waals surface area (Å²) < 4.78 is 32.0. The van der Waals surface area contributed by atoms with Crippen LogP contribution in [0.25, 0.3) is 0 Å². The van der Waals surface area contributed by atoms with E-state index < -0.39 is 17.5 Å². The summed E-state index contributed by atoms with van der Waals surface area (Å²) in [5.41, 5.74) is 0.123. The van der Waals surface area contributed by atoms with Gasteiger partial charge in [-0.2, -0.15) is 0 Å². The molecule has 0 spiro atoms. The van der Waals surface area contributed by atoms with E-state index in [1.807, 2.05) is 0 Å². The number of carbonyl (C=O) groups excluding carboxylic acids is 2. The normalized spacial score (nSPS) is 16.3. The Hall–Kier alpha value is -2.87. The quantitative estimate of drug-likeness (QED) is 0.858. The monoisotopic (exact) mass is 361 g/mol. The molecule has 1 aromatic carbocycles. The molecule has 1 saturated heterocycles. The molecule has 136 valence electrons. The van der Waals surface area contributed by atoms with E-state index in [-0.39, 0.29) is 28.8 Å². The molecule has 1 fully saturated rings. The van der Waals surface area contributed by atoms with Gasteiger partial charge in [0.25, 0.3) is 11.8 Å². The van der Waals surface area contributed by atoms with Gasteiger partial charge in [0.2, 0.25) is 0 Å². The molecule has 2 aromatic rings. The lowest BCUT2D eigenvalue weighted by atomic mass is 10.1. The van der Waals surface area contributed by atoms with E-state index in [2.05, 4.69) is 15.6 Å². The first kappa shape index (κ1) is 17.9. The molecule has 26 heavy (non-hydrogen) atoms. The van der Waals surface area contributed by atoms with Crippen LogP contribution in [0.5, 0.6) is 0 Å². The fourth-order valence-electron chi connectivity index (χ4n) is 2.59. The number of benzene rings is 1. The molecule has 2 N–H and O–H groups in total. The van der Waals surface area contributed by atoms with Gasteiger partial charge in [-0.25, -0.2) is 8.78 Å². The highest BCUT2D eigenvalue weighted by Crippen LogP contribution is 2.16. The topological polar surface area (TPSA) is 80.3 Å². The van der Waals surface area contributed by atoms with Crippen molar-refractivity contribution in [1.29, 1.82) is 0 Å². The minimum atomic E-state index is -0.892. The van der Waals surface area contributed by atoms with Crippen LogP contribution in [0.2, 0.25) is 0 Å². The van der Waals surface area contributed by atoms with Crippen molar-refractivity contribution in [2.75, 3.05) is 18.5 Å². The second kappa shape index (κ2) is 8.01. The number of hydrogen-bond donors (Lipinski definition) is 2. The lowest BCUT2D eigenvalue weighted by Crippen LogP contribution is -2.32. The van der Waals surface area contributed by atoms with Gasteiger partial charge in [0.15, 0.2) is 0 Å². The van der Waals surface area contributed by atoms with E-state index in [4.69, 9.17) is 4.74 Å². The summed E-state index contributed by atoms with van der Waals surface area (Å²) in [4.78, 5) is 28.3. The van der Waals surface area contributed by atoms with Crippen LogP contribution in [-0.2, 0) is 4.74 Å². The Kier molecular flexibility index (Phi) is 5.52. The number of nitrogens with zero attached hydrogens (tertiary/aromatic N) is 1. The standard InChI is InChI=1S/C18H17F2N3O3/c19-13-3-4-16(15(20)7-13)23-18(25)12-6-11(8-21-9-12)17(24)22-10-14-2-1-5-26-14/h3-4,6-9,14H,1-2,5,10H2,(H,22,24)(H,23,25). The van der Waals surface area contributed by atoms with Crippen LogP contribution in [0.4, 0.5) is 14.5 Å². The molecule has 3 rings (SSSR count). The van der Waals surface area contributed by atoms with Gasteiger partial charge in [0.1, 0.15) is 11.6 Å². The van der Waals surface area contributed by atoms with Crippen LogP contribution >= 0.6 is 0 Å². The molecule has 1 atom stereocenters. The Balaban J connectivity index is 1.65. The van der Waals surface area contributed by atoms with Crippen molar-refractivity contribution < 1.29 is 23.1 Å². The van der Waals surface area contributed by atoms with Gasteiger partial charge in [0.05, 0.1) is 22.9 Å². The number of nitrogens with one attached hydrogen (secondary N) is 2. The van der Waals surface area contributed by atoms with E-state index in [1.54, 1.807) is 0 Å². The molecule has 0 aliphatic carbocycles. The number of carbonyl (C=O) groups is 2. The second-order valence-electron chi connectivity index (χ2n) is 5.89. The van der Waals surface area contributed by atoms with Crippen molar-refractivity contribution in [1.82, 2.24) is 10.3 Å². The van der Waals surface area contributed by atoms with Crippen molar-refractivity contribution in [2.45, 2.75) is 18.9 Å². The van der Waals surface area contributed by atoms with Crippen molar-refractivity contribution in [3.05, 3.63) is 59.4 Å². The predicted molar refractivity (Wildman–Crippen MR) is 89.9 cm³/mol. The Bertz CT molecular complexity index is 823. The number of ether oxygens (including phenoxy) is 1. The first-order chi connectivity index (χ1) is 12.5. The van der Waals surface area contributed by atoms with Gasteiger partial charge in [-0.1, -0.05) is 0 Å². The maximum absolute atomic E-state index is 13.6. The Labute approximate surface area is 148 Å². The Morgan fingerprint density at radius 1 is 1.15 bits per heavy atom. The molecular weight excluding hydrogens is 344 g/mol. The van der Waals surface area contributed by atoms with Gasteiger partial charge in [-0.3, -0.25) is 14.6 Å². The van der Waals surface area contributed by atoms with E-state index in [9.17, 15) is 18.4 Å². The Morgan fingerprint density at radius 3 is 2.62 bits per heavy atom. The maximum atomic E-state index is 13.6. The second-order valence-corrected chi connectivity index (χ2v) is 5.89. The summed E-state index contributed by atoms with van der Waals surface area (Å²) in [6, 6.07) is 4.18. The van der Waals surface area contributed by atoms with Crippen molar-refractivity contribution in [3.63, 3.8) is 0 Å². The number of hydrogen-bond acceptors (Lipinski definition) is 4. The molecule has 2 amide bonds. The fraction of sp³-hybridized carbons (Fsp3) is 0.278. The van der Waals surface area contributed by atoms with E-state index >= 15 is 0 Å². The van der Waals surface area contributed by atoms with E-state index in [0.29, 0.717) is 19.2 Å². The van der Waals surface area contributed by atoms with Crippen LogP contribution in [0.1, 0.15) is 33.6 Å². The van der Waals surface area contributed by atoms with Gasteiger partial charge in [0, 0.05) is 31.6 Å². The van der Waals surface area contributed by atoms with Crippen LogP contribution < -0.4 is 10.6 Å². The zero-order valence-corrected chi connectivity index (χ0v) is 13.8. The van der Waals surface area contributed by atoms with Crippen LogP contribution in [0.15, 0.2) is 36.7 Å². The molecule has 0 radical (unpaired) electrons. The van der Waals surface area contributed by atoms with E-state index in [1.165, 1.54) is 18.5 Å². The van der Waals surface area contributed by atoms with Gasteiger partial charge in [-0.05, 0) is 31.0 Å². The zero-order valence-electron chi connectivity index (χ0n) is 13.8. The zero-order chi connectivity index (χ0) is 18.5. The molecular formula is C18H17F2N3O3. The molecule has 0 saturated carbocycles. The number of rotatable bonds is 5. The van der Waals surface area contributed by atoms with Gasteiger partial charge >= 0.3 is 0 Å². The molecule has 1 aliphatic heterocycles. The number of halogens is 2. The van der Waals surface area contributed by atoms with Gasteiger partial charge < -0.3 is 15.4 Å². The first-order valence-electron chi connectivity index (χ1n) is 8.14. The molecule has 1 unspecified atom stereocenters. The smallest absolute Gasteiger partial charge is 0.257 e. The highest BCUT2D eigenvalue weighted by Gasteiger charge is 2.18. The van der Waals surface area contributed by atoms with Crippen LogP contribution in [-0.4, -0.2) is 36.1 Å². The number of pyridine rings is 1. The summed E-state index contributed by atoms with van der Waals surface area (Å²) in [6.45, 7) is 1.08. The lowest BCUT2D eigenvalue weighted by Gasteiger charge is -2.11. The largest absolute Gasteiger partial charge is 0.376 e. The number of aromatic nitrogens is 1. The van der Waals surface area contributed by atoms with Crippen molar-refractivity contribution in [3.8, 4) is 0 Å². The van der Waals surface area contributed by atoms with Crippen LogP contribution in [0, 0.1) is 11.6 Å². The third-order valence-corrected chi connectivity index (χ3v) is 3.96.